The van der Waals surface area contributed by atoms with Crippen LogP contribution in [0, 0.1) is 17.8 Å². The fraction of sp³-hybridized carbons (Fsp3) is 0.444. The van der Waals surface area contributed by atoms with Crippen LogP contribution in [0.5, 0.6) is 0 Å². The van der Waals surface area contributed by atoms with Gasteiger partial charge in [0.05, 0.1) is 0 Å². The van der Waals surface area contributed by atoms with Crippen molar-refractivity contribution in [3.63, 3.8) is 0 Å². The van der Waals surface area contributed by atoms with Crippen molar-refractivity contribution in [3.05, 3.63) is 12.2 Å². The summed E-state index contributed by atoms with van der Waals surface area (Å²) in [5.74, 6) is 5.11. The van der Waals surface area contributed by atoms with E-state index < -0.39 is 0 Å². The summed E-state index contributed by atoms with van der Waals surface area (Å²) in [6.07, 6.45) is 0. The van der Waals surface area contributed by atoms with E-state index in [0.29, 0.717) is 0 Å². The number of Topliss-reactive ketones (excluding diaryl/α,β-unsaturated/α-hetero) is 1. The summed E-state index contributed by atoms with van der Waals surface area (Å²) in [6, 6.07) is 0. The summed E-state index contributed by atoms with van der Waals surface area (Å²) in [6.45, 7) is 9.00. The van der Waals surface area contributed by atoms with Gasteiger partial charge in [-0.3, -0.25) is 4.79 Å². The highest BCUT2D eigenvalue weighted by atomic mass is 16.1. The van der Waals surface area contributed by atoms with Gasteiger partial charge in [0.1, 0.15) is 0 Å². The maximum atomic E-state index is 10.8. The number of hydrogen-bond donors (Lipinski definition) is 0. The molecule has 0 aromatic carbocycles. The van der Waals surface area contributed by atoms with Gasteiger partial charge < -0.3 is 0 Å². The second-order valence-corrected chi connectivity index (χ2v) is 2.55. The molecule has 0 N–H and O–H groups in total. The second-order valence-electron chi connectivity index (χ2n) is 2.55. The third-order valence-electron chi connectivity index (χ3n) is 0.923. The van der Waals surface area contributed by atoms with Gasteiger partial charge >= 0.3 is 0 Å². The molecule has 0 unspecified atom stereocenters. The van der Waals surface area contributed by atoms with Crippen molar-refractivity contribution >= 4 is 5.78 Å². The third kappa shape index (κ3) is 3.91. The van der Waals surface area contributed by atoms with Crippen LogP contribution in [0.1, 0.15) is 20.8 Å². The molecule has 0 radical (unpaired) electrons. The molecule has 0 aliphatic heterocycles. The summed E-state index contributed by atoms with van der Waals surface area (Å²) < 4.78 is 0. The quantitative estimate of drug-likeness (QED) is 0.397. The Morgan fingerprint density at radius 2 is 1.90 bits per heavy atom. The Morgan fingerprint density at radius 1 is 1.40 bits per heavy atom. The average Bonchev–Trinajstić information content (AvgIpc) is 1.82. The monoisotopic (exact) mass is 136 g/mol. The van der Waals surface area contributed by atoms with Gasteiger partial charge in [0.25, 0.3) is 0 Å². The SMILES string of the molecule is C=C(C)C#CC(=O)C(C)C. The zero-order chi connectivity index (χ0) is 8.15. The lowest BCUT2D eigenvalue weighted by Crippen LogP contribution is -2.02. The number of rotatable bonds is 1. The summed E-state index contributed by atoms with van der Waals surface area (Å²) >= 11 is 0. The number of hydrogen-bond acceptors (Lipinski definition) is 1. The Kier molecular flexibility index (Phi) is 3.49. The normalized spacial score (nSPS) is 8.40. The molecule has 0 amide bonds. The maximum Gasteiger partial charge on any atom is 0.208 e. The Morgan fingerprint density at radius 3 is 2.20 bits per heavy atom. The van der Waals surface area contributed by atoms with E-state index in [0.717, 1.165) is 5.57 Å². The van der Waals surface area contributed by atoms with Crippen LogP contribution < -0.4 is 0 Å². The predicted molar refractivity (Wildman–Crippen MR) is 42.4 cm³/mol. The van der Waals surface area contributed by atoms with E-state index in [1.54, 1.807) is 6.92 Å². The molecule has 1 heteroatoms. The number of carbonyl (C=O) groups excluding carboxylic acids is 1. The molecular weight excluding hydrogens is 124 g/mol. The van der Waals surface area contributed by atoms with E-state index in [4.69, 9.17) is 0 Å². The molecule has 0 aromatic rings. The third-order valence-corrected chi connectivity index (χ3v) is 0.923. The van der Waals surface area contributed by atoms with Crippen LogP contribution in [0.2, 0.25) is 0 Å². The van der Waals surface area contributed by atoms with Crippen molar-refractivity contribution in [1.29, 1.82) is 0 Å². The predicted octanol–water partition coefficient (Wildman–Crippen LogP) is 1.79. The summed E-state index contributed by atoms with van der Waals surface area (Å²) in [5.41, 5.74) is 0.731. The van der Waals surface area contributed by atoms with Gasteiger partial charge in [0.15, 0.2) is 0 Å². The first kappa shape index (κ1) is 8.97. The summed E-state index contributed by atoms with van der Waals surface area (Å²) in [7, 11) is 0. The second kappa shape index (κ2) is 3.90. The first-order chi connectivity index (χ1) is 4.54. The molecule has 0 heterocycles. The highest BCUT2D eigenvalue weighted by Gasteiger charge is 2.00. The van der Waals surface area contributed by atoms with E-state index in [-0.39, 0.29) is 11.7 Å². The number of ketones is 1. The Balaban J connectivity index is 4.06. The van der Waals surface area contributed by atoms with Crippen molar-refractivity contribution in [2.24, 2.45) is 5.92 Å². The average molecular weight is 136 g/mol. The standard InChI is InChI=1S/C9H12O/c1-7(2)5-6-9(10)8(3)4/h8H,1H2,2-4H3. The van der Waals surface area contributed by atoms with Crippen LogP contribution in [-0.4, -0.2) is 5.78 Å². The molecule has 0 fully saturated rings. The lowest BCUT2D eigenvalue weighted by Gasteiger charge is -1.91. The van der Waals surface area contributed by atoms with Crippen LogP contribution in [0.25, 0.3) is 0 Å². The van der Waals surface area contributed by atoms with Crippen LogP contribution in [-0.2, 0) is 4.79 Å². The van der Waals surface area contributed by atoms with Gasteiger partial charge in [-0.15, -0.1) is 0 Å². The van der Waals surface area contributed by atoms with Crippen LogP contribution in [0.15, 0.2) is 12.2 Å². The fourth-order valence-electron chi connectivity index (χ4n) is 0.313. The van der Waals surface area contributed by atoms with Crippen molar-refractivity contribution < 1.29 is 4.79 Å². The zero-order valence-corrected chi connectivity index (χ0v) is 6.69. The van der Waals surface area contributed by atoms with Gasteiger partial charge in [0, 0.05) is 5.92 Å². The molecule has 10 heavy (non-hydrogen) atoms. The molecule has 0 atom stereocenters. The van der Waals surface area contributed by atoms with Crippen molar-refractivity contribution in [3.8, 4) is 11.8 Å². The van der Waals surface area contributed by atoms with Crippen LogP contribution in [0.4, 0.5) is 0 Å². The van der Waals surface area contributed by atoms with Crippen LogP contribution in [0.3, 0.4) is 0 Å². The Bertz CT molecular complexity index is 201. The van der Waals surface area contributed by atoms with Crippen molar-refractivity contribution in [1.82, 2.24) is 0 Å². The minimum atomic E-state index is -0.0250. The smallest absolute Gasteiger partial charge is 0.208 e. The molecule has 54 valence electrons. The highest BCUT2D eigenvalue weighted by Crippen LogP contribution is 1.92. The first-order valence-electron chi connectivity index (χ1n) is 3.25. The van der Waals surface area contributed by atoms with Gasteiger partial charge in [-0.2, -0.15) is 0 Å². The molecule has 0 aliphatic carbocycles. The molecule has 1 nitrogen and oxygen atoms in total. The molecular formula is C9H12O. The fourth-order valence-corrected chi connectivity index (χ4v) is 0.313. The largest absolute Gasteiger partial charge is 0.285 e. The molecule has 0 saturated heterocycles. The minimum Gasteiger partial charge on any atom is -0.285 e. The first-order valence-corrected chi connectivity index (χ1v) is 3.25. The molecule has 0 spiro atoms. The van der Waals surface area contributed by atoms with E-state index in [9.17, 15) is 4.79 Å². The van der Waals surface area contributed by atoms with Gasteiger partial charge in [-0.1, -0.05) is 26.3 Å². The van der Waals surface area contributed by atoms with E-state index in [1.807, 2.05) is 13.8 Å². The molecule has 0 bridgehead atoms. The molecule has 0 saturated carbocycles. The molecule has 0 aromatic heterocycles. The lowest BCUT2D eigenvalue weighted by atomic mass is 10.1. The Labute approximate surface area is 62.1 Å². The Hall–Kier alpha value is -1.03. The number of allylic oxidation sites excluding steroid dienone is 1. The number of carbonyl (C=O) groups is 1. The molecule has 0 rings (SSSR count). The van der Waals surface area contributed by atoms with Gasteiger partial charge in [0.2, 0.25) is 5.78 Å². The lowest BCUT2D eigenvalue weighted by molar-refractivity contribution is -0.116. The van der Waals surface area contributed by atoms with E-state index in [2.05, 4.69) is 18.4 Å². The zero-order valence-electron chi connectivity index (χ0n) is 6.69. The maximum absolute atomic E-state index is 10.8. The summed E-state index contributed by atoms with van der Waals surface area (Å²) in [5, 5.41) is 0. The topological polar surface area (TPSA) is 17.1 Å². The van der Waals surface area contributed by atoms with Crippen LogP contribution >= 0.6 is 0 Å². The summed E-state index contributed by atoms with van der Waals surface area (Å²) in [4.78, 5) is 10.8. The minimum absolute atomic E-state index is 0.00634. The van der Waals surface area contributed by atoms with E-state index >= 15 is 0 Å². The van der Waals surface area contributed by atoms with Gasteiger partial charge in [-0.05, 0) is 18.4 Å². The molecule has 0 aliphatic rings. The van der Waals surface area contributed by atoms with E-state index in [1.165, 1.54) is 0 Å². The highest BCUT2D eigenvalue weighted by molar-refractivity contribution is 5.97. The van der Waals surface area contributed by atoms with Crippen molar-refractivity contribution in [2.45, 2.75) is 20.8 Å². The van der Waals surface area contributed by atoms with Gasteiger partial charge in [-0.25, -0.2) is 0 Å². The van der Waals surface area contributed by atoms with Crippen molar-refractivity contribution in [2.75, 3.05) is 0 Å².